The lowest BCUT2D eigenvalue weighted by atomic mass is 9.95. The molecule has 8 nitrogen and oxygen atoms in total. The highest BCUT2D eigenvalue weighted by Crippen LogP contribution is 2.46. The van der Waals surface area contributed by atoms with Gasteiger partial charge in [-0.25, -0.2) is 17.6 Å². The lowest BCUT2D eigenvalue weighted by Gasteiger charge is -2.31. The summed E-state index contributed by atoms with van der Waals surface area (Å²) in [6.45, 7) is 2.19. The molecule has 3 saturated heterocycles. The second-order valence-electron chi connectivity index (χ2n) is 12.5. The number of hydrogen-bond donors (Lipinski definition) is 1. The first-order chi connectivity index (χ1) is 21.8. The Labute approximate surface area is 256 Å². The summed E-state index contributed by atoms with van der Waals surface area (Å²) >= 11 is 0. The molecule has 0 spiro atoms. The largest absolute Gasteiger partial charge is 0.461 e. The van der Waals surface area contributed by atoms with Gasteiger partial charge in [-0.2, -0.15) is 9.97 Å². The van der Waals surface area contributed by atoms with Crippen molar-refractivity contribution in [2.24, 2.45) is 5.92 Å². The maximum atomic E-state index is 16.8. The number of halogens is 4. The maximum Gasteiger partial charge on any atom is 0.319 e. The van der Waals surface area contributed by atoms with Crippen LogP contribution in [0.2, 0.25) is 0 Å². The van der Waals surface area contributed by atoms with E-state index >= 15 is 4.39 Å². The van der Waals surface area contributed by atoms with Crippen LogP contribution in [0.25, 0.3) is 32.9 Å². The average Bonchev–Trinajstić information content (AvgIpc) is 3.43. The Morgan fingerprint density at radius 3 is 2.89 bits per heavy atom. The van der Waals surface area contributed by atoms with Gasteiger partial charge in [0.2, 0.25) is 0 Å². The summed E-state index contributed by atoms with van der Waals surface area (Å²) in [4.78, 5) is 17.5. The Morgan fingerprint density at radius 2 is 2.04 bits per heavy atom. The van der Waals surface area contributed by atoms with Crippen LogP contribution < -0.4 is 15.4 Å². The number of aromatic nitrogens is 3. The molecule has 2 aromatic carbocycles. The monoisotopic (exact) mass is 618 g/mol. The van der Waals surface area contributed by atoms with Crippen LogP contribution in [0.3, 0.4) is 0 Å². The molecule has 4 aromatic rings. The van der Waals surface area contributed by atoms with Crippen LogP contribution in [0.5, 0.6) is 6.01 Å². The Hall–Kier alpha value is -4.21. The SMILES string of the molecule is C#Cc1c(F)ccc2cc(N)cc(-c3ncc4c(N5CCOC[C@H]6[C@H](F)[C@H]65)nc(OC[C@@]56CCCN5C[C@H](F)C6)nc4c3F)c12. The number of fused-ring (bicyclic) bond motifs is 4. The van der Waals surface area contributed by atoms with E-state index in [2.05, 4.69) is 25.8 Å². The standard InChI is InChI=1S/C33H30F4N6O2/c1-2-20-24(35)5-4-17-10-19(38)11-21(25(17)20)28-27(37)29-22(13-39-28)31(43-8-9-44-15-23-26(36)30(23)43)41-32(40-29)45-16-33-6-3-7-42(33)14-18(34)12-33/h1,4-5,10-11,13,18,23,26,30H,3,6-9,12,14-16,38H2/t18-,23+,26+,30+,33+/m1/s1. The molecule has 1 saturated carbocycles. The molecule has 232 valence electrons. The predicted octanol–water partition coefficient (Wildman–Crippen LogP) is 4.82. The highest BCUT2D eigenvalue weighted by atomic mass is 19.1. The summed E-state index contributed by atoms with van der Waals surface area (Å²) in [5.41, 5.74) is 5.90. The molecule has 8 rings (SSSR count). The van der Waals surface area contributed by atoms with E-state index in [0.29, 0.717) is 37.2 Å². The number of anilines is 2. The van der Waals surface area contributed by atoms with Gasteiger partial charge >= 0.3 is 6.01 Å². The molecule has 0 unspecified atom stereocenters. The number of alkyl halides is 2. The van der Waals surface area contributed by atoms with Gasteiger partial charge in [-0.3, -0.25) is 9.88 Å². The van der Waals surface area contributed by atoms with Crippen LogP contribution in [0.15, 0.2) is 30.5 Å². The number of ether oxygens (including phenoxy) is 2. The quantitative estimate of drug-likeness (QED) is 0.194. The van der Waals surface area contributed by atoms with Crippen LogP contribution in [0.4, 0.5) is 29.1 Å². The van der Waals surface area contributed by atoms with Crippen molar-refractivity contribution in [3.05, 3.63) is 47.7 Å². The molecule has 5 atom stereocenters. The number of pyridine rings is 1. The van der Waals surface area contributed by atoms with Crippen molar-refractivity contribution in [2.45, 2.75) is 43.2 Å². The zero-order valence-electron chi connectivity index (χ0n) is 24.3. The van der Waals surface area contributed by atoms with Gasteiger partial charge in [0.05, 0.1) is 35.7 Å². The van der Waals surface area contributed by atoms with E-state index < -0.39 is 35.6 Å². The molecule has 0 radical (unpaired) electrons. The van der Waals surface area contributed by atoms with E-state index in [1.165, 1.54) is 24.4 Å². The Bertz CT molecular complexity index is 1900. The minimum atomic E-state index is -1.13. The van der Waals surface area contributed by atoms with E-state index in [1.807, 2.05) is 0 Å². The fraction of sp³-hybridized carbons (Fsp3) is 0.424. The summed E-state index contributed by atoms with van der Waals surface area (Å²) in [6.07, 6.45) is 7.05. The fourth-order valence-corrected chi connectivity index (χ4v) is 7.62. The van der Waals surface area contributed by atoms with E-state index in [0.717, 1.165) is 19.4 Å². The van der Waals surface area contributed by atoms with Gasteiger partial charge in [-0.15, -0.1) is 6.42 Å². The normalized spacial score (nSPS) is 27.8. The van der Waals surface area contributed by atoms with Crippen molar-refractivity contribution in [1.82, 2.24) is 19.9 Å². The molecule has 1 aliphatic carbocycles. The van der Waals surface area contributed by atoms with Gasteiger partial charge in [0.1, 0.15) is 41.8 Å². The highest BCUT2D eigenvalue weighted by molar-refractivity contribution is 6.03. The third-order valence-corrected chi connectivity index (χ3v) is 9.81. The fourth-order valence-electron chi connectivity index (χ4n) is 7.62. The second kappa shape index (κ2) is 10.4. The number of rotatable bonds is 5. The number of benzene rings is 2. The summed E-state index contributed by atoms with van der Waals surface area (Å²) in [5.74, 6) is 0.861. The number of terminal acetylenes is 1. The van der Waals surface area contributed by atoms with Crippen LogP contribution in [-0.2, 0) is 4.74 Å². The molecule has 45 heavy (non-hydrogen) atoms. The summed E-state index contributed by atoms with van der Waals surface area (Å²) < 4.78 is 72.7. The van der Waals surface area contributed by atoms with Crippen LogP contribution in [-0.4, -0.2) is 83.2 Å². The molecular formula is C33H30F4N6O2. The Morgan fingerprint density at radius 1 is 1.18 bits per heavy atom. The average molecular weight is 619 g/mol. The van der Waals surface area contributed by atoms with Crippen LogP contribution in [0, 0.1) is 29.9 Å². The lowest BCUT2D eigenvalue weighted by Crippen LogP contribution is -2.43. The van der Waals surface area contributed by atoms with E-state index in [9.17, 15) is 13.2 Å². The minimum absolute atomic E-state index is 0.0439. The molecule has 4 aliphatic rings. The number of nitrogen functional groups attached to an aromatic ring is 1. The Kier molecular flexibility index (Phi) is 6.55. The number of nitrogens with zero attached hydrogens (tertiary/aromatic N) is 5. The van der Waals surface area contributed by atoms with Crippen molar-refractivity contribution in [1.29, 1.82) is 0 Å². The van der Waals surface area contributed by atoms with Crippen molar-refractivity contribution in [2.75, 3.05) is 50.1 Å². The molecule has 2 aromatic heterocycles. The first-order valence-corrected chi connectivity index (χ1v) is 15.1. The molecule has 0 amide bonds. The van der Waals surface area contributed by atoms with E-state index in [4.69, 9.17) is 21.6 Å². The van der Waals surface area contributed by atoms with Crippen molar-refractivity contribution >= 4 is 33.2 Å². The molecule has 3 aliphatic heterocycles. The summed E-state index contributed by atoms with van der Waals surface area (Å²) in [7, 11) is 0. The number of nitrogens with two attached hydrogens (primary N) is 1. The molecule has 4 fully saturated rings. The highest BCUT2D eigenvalue weighted by Gasteiger charge is 2.56. The van der Waals surface area contributed by atoms with E-state index in [-0.39, 0.29) is 64.1 Å². The van der Waals surface area contributed by atoms with Gasteiger partial charge in [0.25, 0.3) is 0 Å². The molecular weight excluding hydrogens is 588 g/mol. The smallest absolute Gasteiger partial charge is 0.319 e. The number of hydrogen-bond acceptors (Lipinski definition) is 8. The Balaban J connectivity index is 1.29. The molecule has 2 N–H and O–H groups in total. The topological polar surface area (TPSA) is 89.6 Å². The second-order valence-corrected chi connectivity index (χ2v) is 12.5. The molecule has 0 bridgehead atoms. The predicted molar refractivity (Wildman–Crippen MR) is 161 cm³/mol. The first-order valence-electron chi connectivity index (χ1n) is 15.1. The van der Waals surface area contributed by atoms with Crippen molar-refractivity contribution < 1.29 is 27.0 Å². The molecule has 5 heterocycles. The van der Waals surface area contributed by atoms with Crippen LogP contribution >= 0.6 is 0 Å². The van der Waals surface area contributed by atoms with Crippen LogP contribution in [0.1, 0.15) is 24.8 Å². The first kappa shape index (κ1) is 28.3. The summed E-state index contributed by atoms with van der Waals surface area (Å²) in [6, 6.07) is 5.28. The minimum Gasteiger partial charge on any atom is -0.461 e. The van der Waals surface area contributed by atoms with Crippen molar-refractivity contribution in [3.63, 3.8) is 0 Å². The van der Waals surface area contributed by atoms with Gasteiger partial charge in [0.15, 0.2) is 5.82 Å². The van der Waals surface area contributed by atoms with Gasteiger partial charge in [0, 0.05) is 48.3 Å². The maximum absolute atomic E-state index is 16.8. The van der Waals surface area contributed by atoms with Gasteiger partial charge in [-0.05, 0) is 43.0 Å². The van der Waals surface area contributed by atoms with Gasteiger partial charge in [-0.1, -0.05) is 12.0 Å². The third-order valence-electron chi connectivity index (χ3n) is 9.81. The van der Waals surface area contributed by atoms with E-state index in [1.54, 1.807) is 11.0 Å². The summed E-state index contributed by atoms with van der Waals surface area (Å²) in [5, 5.41) is 1.07. The molecule has 12 heteroatoms. The van der Waals surface area contributed by atoms with Crippen molar-refractivity contribution in [3.8, 4) is 29.6 Å². The zero-order valence-corrected chi connectivity index (χ0v) is 24.3. The zero-order chi connectivity index (χ0) is 31.0. The van der Waals surface area contributed by atoms with Gasteiger partial charge < -0.3 is 20.1 Å². The lowest BCUT2D eigenvalue weighted by molar-refractivity contribution is 0.107. The third kappa shape index (κ3) is 4.47.